The van der Waals surface area contributed by atoms with Gasteiger partial charge in [-0.2, -0.15) is 4.89 Å². The molecule has 1 atom stereocenters. The zero-order chi connectivity index (χ0) is 24.4. The summed E-state index contributed by atoms with van der Waals surface area (Å²) in [4.78, 5) is 22.4. The first kappa shape index (κ1) is 32.2. The van der Waals surface area contributed by atoms with Crippen LogP contribution in [0.15, 0.2) is 11.6 Å². The van der Waals surface area contributed by atoms with Gasteiger partial charge in [0, 0.05) is 5.57 Å². The van der Waals surface area contributed by atoms with Crippen LogP contribution in [-0.2, 0) is 14.6 Å². The fourth-order valence-electron chi connectivity index (χ4n) is 4.44. The summed E-state index contributed by atoms with van der Waals surface area (Å²) in [6, 6.07) is 0. The highest BCUT2D eigenvalue weighted by Gasteiger charge is 2.12. The minimum Gasteiger partial charge on any atom is -0.293 e. The van der Waals surface area contributed by atoms with Crippen molar-refractivity contribution in [3.8, 4) is 0 Å². The van der Waals surface area contributed by atoms with Crippen molar-refractivity contribution in [1.29, 1.82) is 0 Å². The lowest BCUT2D eigenvalue weighted by Crippen LogP contribution is -2.14. The maximum absolute atomic E-state index is 11.9. The summed E-state index contributed by atoms with van der Waals surface area (Å²) >= 11 is 0. The molecule has 0 spiro atoms. The van der Waals surface area contributed by atoms with E-state index in [1.165, 1.54) is 128 Å². The van der Waals surface area contributed by atoms with Gasteiger partial charge in [-0.3, -0.25) is 4.89 Å². The van der Waals surface area contributed by atoms with Crippen LogP contribution < -0.4 is 0 Å². The topological polar surface area (TPSA) is 35.5 Å². The average Bonchev–Trinajstić information content (AvgIpc) is 2.81. The number of hydrogen-bond donors (Lipinski definition) is 0. The second kappa shape index (κ2) is 25.8. The molecule has 0 radical (unpaired) electrons. The second-order valence-corrected chi connectivity index (χ2v) is 10.1. The number of hydrogen-bond acceptors (Lipinski definition) is 3. The number of unbranched alkanes of at least 4 members (excludes halogenated alkanes) is 16. The summed E-state index contributed by atoms with van der Waals surface area (Å²) in [6.07, 6.45) is 29.6. The van der Waals surface area contributed by atoms with Crippen LogP contribution >= 0.6 is 0 Å². The molecule has 1 unspecified atom stereocenters. The van der Waals surface area contributed by atoms with Crippen molar-refractivity contribution in [1.82, 2.24) is 0 Å². The lowest BCUT2D eigenvalue weighted by atomic mass is 9.94. The van der Waals surface area contributed by atoms with Gasteiger partial charge in [-0.25, -0.2) is 4.79 Å². The van der Waals surface area contributed by atoms with Gasteiger partial charge in [0.2, 0.25) is 0 Å². The molecule has 0 fully saturated rings. The van der Waals surface area contributed by atoms with Crippen molar-refractivity contribution >= 4 is 5.97 Å². The van der Waals surface area contributed by atoms with Gasteiger partial charge >= 0.3 is 5.97 Å². The Hall–Kier alpha value is -0.830. The molecule has 3 heteroatoms. The molecule has 0 aliphatic carbocycles. The monoisotopic (exact) mass is 466 g/mol. The Morgan fingerprint density at radius 3 is 1.42 bits per heavy atom. The summed E-state index contributed by atoms with van der Waals surface area (Å²) in [5.74, 6) is 0.156. The molecule has 33 heavy (non-hydrogen) atoms. The highest BCUT2D eigenvalue weighted by Crippen LogP contribution is 2.20. The molecule has 0 saturated heterocycles. The lowest BCUT2D eigenvalue weighted by Gasteiger charge is -2.16. The Morgan fingerprint density at radius 2 is 1.03 bits per heavy atom. The third kappa shape index (κ3) is 22.7. The molecular formula is C30H58O3. The van der Waals surface area contributed by atoms with E-state index in [2.05, 4.69) is 13.8 Å². The van der Waals surface area contributed by atoms with Crippen molar-refractivity contribution in [2.24, 2.45) is 5.92 Å². The SMILES string of the molecule is CCC=C(C)C(=O)OOCC(CCCCCCCCCC)CCCCCCCCCCCC. The van der Waals surface area contributed by atoms with E-state index in [0.29, 0.717) is 18.1 Å². The number of carbonyl (C=O) groups is 1. The van der Waals surface area contributed by atoms with Crippen molar-refractivity contribution in [3.05, 3.63) is 11.6 Å². The average molecular weight is 467 g/mol. The Balaban J connectivity index is 4.06. The second-order valence-electron chi connectivity index (χ2n) is 10.1. The van der Waals surface area contributed by atoms with Crippen molar-refractivity contribution < 1.29 is 14.6 Å². The van der Waals surface area contributed by atoms with E-state index in [9.17, 15) is 4.79 Å². The quantitative estimate of drug-likeness (QED) is 0.0581. The first-order valence-corrected chi connectivity index (χ1v) is 14.7. The number of allylic oxidation sites excluding steroid dienone is 1. The van der Waals surface area contributed by atoms with Crippen LogP contribution in [0.5, 0.6) is 0 Å². The molecule has 0 amide bonds. The fraction of sp³-hybridized carbons (Fsp3) is 0.900. The Labute approximate surface area is 207 Å². The molecule has 0 rings (SSSR count). The predicted octanol–water partition coefficient (Wildman–Crippen LogP) is 10.3. The van der Waals surface area contributed by atoms with E-state index in [1.807, 2.05) is 13.0 Å². The van der Waals surface area contributed by atoms with E-state index < -0.39 is 0 Å². The van der Waals surface area contributed by atoms with Gasteiger partial charge in [-0.15, -0.1) is 0 Å². The van der Waals surface area contributed by atoms with Gasteiger partial charge in [0.1, 0.15) is 0 Å². The van der Waals surface area contributed by atoms with Crippen molar-refractivity contribution in [3.63, 3.8) is 0 Å². The third-order valence-electron chi connectivity index (χ3n) is 6.70. The molecule has 196 valence electrons. The van der Waals surface area contributed by atoms with Gasteiger partial charge in [0.05, 0.1) is 6.61 Å². The van der Waals surface area contributed by atoms with Gasteiger partial charge < -0.3 is 0 Å². The fourth-order valence-corrected chi connectivity index (χ4v) is 4.44. The van der Waals surface area contributed by atoms with E-state index in [0.717, 1.165) is 6.42 Å². The minimum absolute atomic E-state index is 0.346. The van der Waals surface area contributed by atoms with Crippen LogP contribution in [0, 0.1) is 5.92 Å². The van der Waals surface area contributed by atoms with E-state index in [1.54, 1.807) is 6.92 Å². The van der Waals surface area contributed by atoms with Crippen LogP contribution in [0.1, 0.15) is 163 Å². The highest BCUT2D eigenvalue weighted by atomic mass is 17.2. The van der Waals surface area contributed by atoms with Crippen molar-refractivity contribution in [2.75, 3.05) is 6.61 Å². The third-order valence-corrected chi connectivity index (χ3v) is 6.70. The Bertz CT molecular complexity index is 444. The summed E-state index contributed by atoms with van der Waals surface area (Å²) in [6.45, 7) is 8.90. The molecule has 3 nitrogen and oxygen atoms in total. The Kier molecular flexibility index (Phi) is 25.1. The molecule has 0 bridgehead atoms. The van der Waals surface area contributed by atoms with Gasteiger partial charge in [0.15, 0.2) is 0 Å². The van der Waals surface area contributed by atoms with Crippen LogP contribution in [0.3, 0.4) is 0 Å². The molecule has 0 aliphatic rings. The molecule has 0 aromatic carbocycles. The summed E-state index contributed by atoms with van der Waals surface area (Å²) in [5.41, 5.74) is 0.631. The van der Waals surface area contributed by atoms with Crippen LogP contribution in [-0.4, -0.2) is 12.6 Å². The first-order valence-electron chi connectivity index (χ1n) is 14.7. The van der Waals surface area contributed by atoms with Crippen LogP contribution in [0.25, 0.3) is 0 Å². The number of rotatable bonds is 25. The Morgan fingerprint density at radius 1 is 0.636 bits per heavy atom. The maximum Gasteiger partial charge on any atom is 0.368 e. The molecule has 0 aromatic heterocycles. The van der Waals surface area contributed by atoms with E-state index in [4.69, 9.17) is 9.78 Å². The highest BCUT2D eigenvalue weighted by molar-refractivity contribution is 5.87. The molecule has 0 N–H and O–H groups in total. The normalized spacial score (nSPS) is 12.8. The maximum atomic E-state index is 11.9. The molecule has 0 aromatic rings. The van der Waals surface area contributed by atoms with E-state index >= 15 is 0 Å². The summed E-state index contributed by atoms with van der Waals surface area (Å²) in [7, 11) is 0. The van der Waals surface area contributed by atoms with Crippen LogP contribution in [0.2, 0.25) is 0 Å². The summed E-state index contributed by atoms with van der Waals surface area (Å²) < 4.78 is 0. The molecule has 0 heterocycles. The largest absolute Gasteiger partial charge is 0.368 e. The standard InChI is InChI=1S/C30H58O3/c1-5-8-10-12-14-16-17-19-21-23-26-29(25-22-20-18-15-13-11-9-6-2)27-32-33-30(31)28(4)24-7-3/h24,29H,5-23,25-27H2,1-4H3. The predicted molar refractivity (Wildman–Crippen MR) is 143 cm³/mol. The minimum atomic E-state index is -0.346. The summed E-state index contributed by atoms with van der Waals surface area (Å²) in [5, 5.41) is 0. The van der Waals surface area contributed by atoms with E-state index in [-0.39, 0.29) is 5.97 Å². The zero-order valence-corrected chi connectivity index (χ0v) is 22.9. The number of carbonyl (C=O) groups excluding carboxylic acids is 1. The zero-order valence-electron chi connectivity index (χ0n) is 22.9. The first-order chi connectivity index (χ1) is 16.2. The molecule has 0 saturated carbocycles. The van der Waals surface area contributed by atoms with Gasteiger partial charge in [-0.05, 0) is 32.1 Å². The molecular weight excluding hydrogens is 408 g/mol. The van der Waals surface area contributed by atoms with Gasteiger partial charge in [-0.1, -0.05) is 142 Å². The van der Waals surface area contributed by atoms with Gasteiger partial charge in [0.25, 0.3) is 0 Å². The van der Waals surface area contributed by atoms with Crippen molar-refractivity contribution in [2.45, 2.75) is 163 Å². The lowest BCUT2D eigenvalue weighted by molar-refractivity contribution is -0.274. The van der Waals surface area contributed by atoms with Crippen LogP contribution in [0.4, 0.5) is 0 Å². The molecule has 0 aliphatic heterocycles. The smallest absolute Gasteiger partial charge is 0.293 e.